The van der Waals surface area contributed by atoms with E-state index in [1.807, 2.05) is 19.3 Å². The van der Waals surface area contributed by atoms with E-state index in [4.69, 9.17) is 27.9 Å². The van der Waals surface area contributed by atoms with Crippen LogP contribution in [0.2, 0.25) is 10.0 Å². The Kier molecular flexibility index (Phi) is 6.43. The van der Waals surface area contributed by atoms with Crippen LogP contribution in [-0.4, -0.2) is 48.3 Å². The second kappa shape index (κ2) is 8.77. The van der Waals surface area contributed by atoms with Crippen molar-refractivity contribution in [2.24, 2.45) is 7.05 Å². The maximum Gasteiger partial charge on any atom is 0.319 e. The van der Waals surface area contributed by atoms with Gasteiger partial charge in [0.15, 0.2) is 0 Å². The van der Waals surface area contributed by atoms with Crippen LogP contribution in [-0.2, 0) is 11.8 Å². The molecule has 0 bridgehead atoms. The number of anilines is 1. The van der Waals surface area contributed by atoms with Crippen molar-refractivity contribution in [3.05, 3.63) is 52.3 Å². The average molecular weight is 397 g/mol. The number of halogens is 2. The third kappa shape index (κ3) is 4.71. The van der Waals surface area contributed by atoms with Gasteiger partial charge in [-0.3, -0.25) is 4.90 Å². The summed E-state index contributed by atoms with van der Waals surface area (Å²) in [7, 11) is 2.01. The van der Waals surface area contributed by atoms with Gasteiger partial charge in [0.25, 0.3) is 0 Å². The van der Waals surface area contributed by atoms with Crippen LogP contribution in [0.3, 0.4) is 0 Å². The molecule has 2 N–H and O–H groups in total. The largest absolute Gasteiger partial charge is 0.379 e. The molecule has 1 unspecified atom stereocenters. The monoisotopic (exact) mass is 396 g/mol. The number of rotatable bonds is 5. The minimum Gasteiger partial charge on any atom is -0.379 e. The van der Waals surface area contributed by atoms with E-state index in [0.29, 0.717) is 35.5 Å². The maximum absolute atomic E-state index is 12.3. The molecule has 6 nitrogen and oxygen atoms in total. The number of carbonyl (C=O) groups is 1. The van der Waals surface area contributed by atoms with Crippen LogP contribution >= 0.6 is 23.2 Å². The standard InChI is InChI=1S/C18H22Cl2N4O2/c1-23-6-2-3-16(23)17(24-7-9-26-10-8-24)12-21-18(25)22-13-4-5-14(19)15(20)11-13/h2-6,11,17H,7-10,12H2,1H3,(H2,21,22,25). The van der Waals surface area contributed by atoms with E-state index in [1.165, 1.54) is 0 Å². The number of benzene rings is 1. The second-order valence-electron chi connectivity index (χ2n) is 6.17. The number of morpholine rings is 1. The van der Waals surface area contributed by atoms with Gasteiger partial charge in [0.1, 0.15) is 0 Å². The zero-order valence-electron chi connectivity index (χ0n) is 14.5. The summed E-state index contributed by atoms with van der Waals surface area (Å²) >= 11 is 11.9. The number of carbonyl (C=O) groups excluding carboxylic acids is 1. The summed E-state index contributed by atoms with van der Waals surface area (Å²) < 4.78 is 7.53. The highest BCUT2D eigenvalue weighted by molar-refractivity contribution is 6.42. The summed E-state index contributed by atoms with van der Waals surface area (Å²) in [6.07, 6.45) is 2.01. The van der Waals surface area contributed by atoms with E-state index in [9.17, 15) is 4.79 Å². The molecule has 2 heterocycles. The van der Waals surface area contributed by atoms with Gasteiger partial charge in [0, 0.05) is 44.3 Å². The third-order valence-corrected chi connectivity index (χ3v) is 5.18. The summed E-state index contributed by atoms with van der Waals surface area (Å²) in [5.41, 5.74) is 1.75. The van der Waals surface area contributed by atoms with Crippen molar-refractivity contribution in [3.63, 3.8) is 0 Å². The summed E-state index contributed by atoms with van der Waals surface area (Å²) in [6.45, 7) is 3.58. The SMILES string of the molecule is Cn1cccc1C(CNC(=O)Nc1ccc(Cl)c(Cl)c1)N1CCOCC1. The maximum atomic E-state index is 12.3. The fraction of sp³-hybridized carbons (Fsp3) is 0.389. The van der Waals surface area contributed by atoms with Crippen molar-refractivity contribution in [2.45, 2.75) is 6.04 Å². The lowest BCUT2D eigenvalue weighted by Crippen LogP contribution is -2.45. The van der Waals surface area contributed by atoms with E-state index in [2.05, 4.69) is 26.2 Å². The average Bonchev–Trinajstić information content (AvgIpc) is 3.05. The second-order valence-corrected chi connectivity index (χ2v) is 6.99. The summed E-state index contributed by atoms with van der Waals surface area (Å²) in [5.74, 6) is 0. The first-order valence-corrected chi connectivity index (χ1v) is 9.23. The van der Waals surface area contributed by atoms with Crippen molar-refractivity contribution in [2.75, 3.05) is 38.2 Å². The van der Waals surface area contributed by atoms with Gasteiger partial charge >= 0.3 is 6.03 Å². The van der Waals surface area contributed by atoms with Crippen LogP contribution < -0.4 is 10.6 Å². The molecule has 1 aliphatic heterocycles. The van der Waals surface area contributed by atoms with Gasteiger partial charge in [0.2, 0.25) is 0 Å². The Morgan fingerprint density at radius 3 is 2.65 bits per heavy atom. The molecule has 0 spiro atoms. The third-order valence-electron chi connectivity index (χ3n) is 4.45. The van der Waals surface area contributed by atoms with E-state index in [0.717, 1.165) is 18.8 Å². The van der Waals surface area contributed by atoms with Crippen molar-refractivity contribution < 1.29 is 9.53 Å². The fourth-order valence-electron chi connectivity index (χ4n) is 3.07. The van der Waals surface area contributed by atoms with Gasteiger partial charge in [-0.25, -0.2) is 4.79 Å². The van der Waals surface area contributed by atoms with Crippen molar-refractivity contribution >= 4 is 34.9 Å². The van der Waals surface area contributed by atoms with E-state index >= 15 is 0 Å². The van der Waals surface area contributed by atoms with Gasteiger partial charge in [0.05, 0.1) is 29.3 Å². The first kappa shape index (κ1) is 19.0. The molecule has 1 aromatic heterocycles. The Balaban J connectivity index is 1.64. The highest BCUT2D eigenvalue weighted by Gasteiger charge is 2.24. The summed E-state index contributed by atoms with van der Waals surface area (Å²) in [6, 6.07) is 8.89. The minimum absolute atomic E-state index is 0.0819. The number of nitrogens with zero attached hydrogens (tertiary/aromatic N) is 2. The highest BCUT2D eigenvalue weighted by atomic mass is 35.5. The number of nitrogens with one attached hydrogen (secondary N) is 2. The van der Waals surface area contributed by atoms with Crippen LogP contribution in [0.25, 0.3) is 0 Å². The van der Waals surface area contributed by atoms with Crippen LogP contribution in [0, 0.1) is 0 Å². The number of aromatic nitrogens is 1. The number of hydrogen-bond acceptors (Lipinski definition) is 3. The fourth-order valence-corrected chi connectivity index (χ4v) is 3.37. The topological polar surface area (TPSA) is 58.5 Å². The molecular weight excluding hydrogens is 375 g/mol. The normalized spacial score (nSPS) is 16.3. The van der Waals surface area contributed by atoms with Crippen LogP contribution in [0.4, 0.5) is 10.5 Å². The molecule has 140 valence electrons. The number of hydrogen-bond donors (Lipinski definition) is 2. The lowest BCUT2D eigenvalue weighted by Gasteiger charge is -2.34. The molecule has 2 aromatic rings. The van der Waals surface area contributed by atoms with Crippen molar-refractivity contribution in [1.29, 1.82) is 0 Å². The van der Waals surface area contributed by atoms with Gasteiger partial charge in [-0.05, 0) is 30.3 Å². The number of amides is 2. The van der Waals surface area contributed by atoms with Crippen LogP contribution in [0.15, 0.2) is 36.5 Å². The molecular formula is C18H22Cl2N4O2. The molecule has 0 aliphatic carbocycles. The predicted octanol–water partition coefficient (Wildman–Crippen LogP) is 3.53. The molecule has 1 fully saturated rings. The molecule has 1 saturated heterocycles. The van der Waals surface area contributed by atoms with Gasteiger partial charge in [-0.15, -0.1) is 0 Å². The van der Waals surface area contributed by atoms with E-state index in [1.54, 1.807) is 18.2 Å². The minimum atomic E-state index is -0.282. The lowest BCUT2D eigenvalue weighted by atomic mass is 10.1. The Morgan fingerprint density at radius 2 is 2.00 bits per heavy atom. The molecule has 2 amide bonds. The number of ether oxygens (including phenoxy) is 1. The first-order chi connectivity index (χ1) is 12.5. The van der Waals surface area contributed by atoms with Gasteiger partial charge < -0.3 is 19.9 Å². The molecule has 8 heteroatoms. The van der Waals surface area contributed by atoms with Crippen molar-refractivity contribution in [1.82, 2.24) is 14.8 Å². The summed E-state index contributed by atoms with van der Waals surface area (Å²) in [5, 5.41) is 6.60. The zero-order chi connectivity index (χ0) is 18.5. The van der Waals surface area contributed by atoms with Crippen molar-refractivity contribution in [3.8, 4) is 0 Å². The smallest absolute Gasteiger partial charge is 0.319 e. The molecule has 0 radical (unpaired) electrons. The Hall–Kier alpha value is -1.73. The predicted molar refractivity (Wildman–Crippen MR) is 104 cm³/mol. The van der Waals surface area contributed by atoms with Gasteiger partial charge in [-0.2, -0.15) is 0 Å². The van der Waals surface area contributed by atoms with E-state index in [-0.39, 0.29) is 12.1 Å². The molecule has 1 aromatic carbocycles. The molecule has 0 saturated carbocycles. The Bertz CT molecular complexity index is 759. The highest BCUT2D eigenvalue weighted by Crippen LogP contribution is 2.25. The van der Waals surface area contributed by atoms with Gasteiger partial charge in [-0.1, -0.05) is 23.2 Å². The molecule has 26 heavy (non-hydrogen) atoms. The molecule has 1 atom stereocenters. The quantitative estimate of drug-likeness (QED) is 0.812. The van der Waals surface area contributed by atoms with Crippen LogP contribution in [0.1, 0.15) is 11.7 Å². The number of urea groups is 1. The lowest BCUT2D eigenvalue weighted by molar-refractivity contribution is 0.0154. The number of aryl methyl sites for hydroxylation is 1. The zero-order valence-corrected chi connectivity index (χ0v) is 16.1. The Morgan fingerprint density at radius 1 is 1.23 bits per heavy atom. The molecule has 1 aliphatic rings. The molecule has 3 rings (SSSR count). The first-order valence-electron chi connectivity index (χ1n) is 8.47. The van der Waals surface area contributed by atoms with Crippen LogP contribution in [0.5, 0.6) is 0 Å². The summed E-state index contributed by atoms with van der Waals surface area (Å²) in [4.78, 5) is 14.6. The van der Waals surface area contributed by atoms with E-state index < -0.39 is 0 Å². The Labute approximate surface area is 163 Å².